The van der Waals surface area contributed by atoms with E-state index in [9.17, 15) is 4.79 Å². The van der Waals surface area contributed by atoms with E-state index >= 15 is 0 Å². The van der Waals surface area contributed by atoms with Gasteiger partial charge in [-0.3, -0.25) is 9.48 Å². The summed E-state index contributed by atoms with van der Waals surface area (Å²) in [4.78, 5) is 14.7. The van der Waals surface area contributed by atoms with E-state index in [-0.39, 0.29) is 17.9 Å². The zero-order valence-corrected chi connectivity index (χ0v) is 18.7. The van der Waals surface area contributed by atoms with Crippen molar-refractivity contribution in [2.24, 2.45) is 0 Å². The molecule has 31 heavy (non-hydrogen) atoms. The van der Waals surface area contributed by atoms with Gasteiger partial charge < -0.3 is 10.2 Å². The van der Waals surface area contributed by atoms with Gasteiger partial charge in [-0.1, -0.05) is 42.5 Å². The molecule has 0 radical (unpaired) electrons. The van der Waals surface area contributed by atoms with Gasteiger partial charge in [-0.25, -0.2) is 0 Å². The molecular formula is C26H30N4O. The summed E-state index contributed by atoms with van der Waals surface area (Å²) in [7, 11) is 3.98. The van der Waals surface area contributed by atoms with Gasteiger partial charge in [-0.2, -0.15) is 5.10 Å². The van der Waals surface area contributed by atoms with Crippen molar-refractivity contribution in [2.75, 3.05) is 19.0 Å². The Kier molecular flexibility index (Phi) is 5.94. The molecule has 5 heteroatoms. The number of anilines is 1. The lowest BCUT2D eigenvalue weighted by Gasteiger charge is -2.16. The normalized spacial score (nSPS) is 17.7. The van der Waals surface area contributed by atoms with Crippen LogP contribution in [0.3, 0.4) is 0 Å². The van der Waals surface area contributed by atoms with Crippen molar-refractivity contribution >= 4 is 11.6 Å². The number of hydrogen-bond acceptors (Lipinski definition) is 3. The molecular weight excluding hydrogens is 384 g/mol. The van der Waals surface area contributed by atoms with Crippen LogP contribution in [0.5, 0.6) is 0 Å². The lowest BCUT2D eigenvalue weighted by molar-refractivity contribution is 0.0944. The van der Waals surface area contributed by atoms with E-state index in [1.807, 2.05) is 49.3 Å². The highest BCUT2D eigenvalue weighted by Crippen LogP contribution is 2.33. The molecule has 2 atom stereocenters. The van der Waals surface area contributed by atoms with Gasteiger partial charge in [0.25, 0.3) is 5.91 Å². The molecule has 0 fully saturated rings. The third-order valence-corrected chi connectivity index (χ3v) is 6.03. The molecule has 1 aromatic heterocycles. The molecule has 1 N–H and O–H groups in total. The van der Waals surface area contributed by atoms with Crippen LogP contribution < -0.4 is 10.2 Å². The van der Waals surface area contributed by atoms with Gasteiger partial charge in [0.1, 0.15) is 0 Å². The number of aromatic nitrogens is 2. The number of allylic oxidation sites excluding steroid dienone is 1. The molecule has 1 amide bonds. The first-order chi connectivity index (χ1) is 14.9. The molecule has 0 spiro atoms. The van der Waals surface area contributed by atoms with E-state index in [1.54, 1.807) is 0 Å². The van der Waals surface area contributed by atoms with Crippen molar-refractivity contribution in [3.05, 3.63) is 94.8 Å². The van der Waals surface area contributed by atoms with Crippen LogP contribution in [-0.4, -0.2) is 35.8 Å². The number of rotatable bonds is 6. The van der Waals surface area contributed by atoms with Crippen LogP contribution in [0.1, 0.15) is 45.2 Å². The minimum absolute atomic E-state index is 0.0299. The maximum Gasteiger partial charge on any atom is 0.251 e. The standard InChI is InChI=1S/C26H30N4O/c1-18-25(19(2)30(28-18)17-20-8-6-5-7-9-20)22-10-13-23(16-22)27-26(31)21-11-14-24(15-12-21)29(3)4/h5-15,22-23H,16-17H2,1-4H3,(H,27,31)/t22-,23+/m0/s1. The predicted molar refractivity (Wildman–Crippen MR) is 126 cm³/mol. The molecule has 3 aromatic rings. The summed E-state index contributed by atoms with van der Waals surface area (Å²) in [6, 6.07) is 18.1. The highest BCUT2D eigenvalue weighted by atomic mass is 16.1. The SMILES string of the molecule is Cc1nn(Cc2ccccc2)c(C)c1[C@H]1C=C[C@@H](NC(=O)c2ccc(N(C)C)cc2)C1. The van der Waals surface area contributed by atoms with Gasteiger partial charge in [-0.05, 0) is 50.1 Å². The summed E-state index contributed by atoms with van der Waals surface area (Å²) in [5.74, 6) is 0.236. The van der Waals surface area contributed by atoms with Crippen molar-refractivity contribution in [1.82, 2.24) is 15.1 Å². The van der Waals surface area contributed by atoms with Gasteiger partial charge >= 0.3 is 0 Å². The Morgan fingerprint density at radius 3 is 2.45 bits per heavy atom. The quantitative estimate of drug-likeness (QED) is 0.606. The van der Waals surface area contributed by atoms with Crippen molar-refractivity contribution in [3.8, 4) is 0 Å². The summed E-state index contributed by atoms with van der Waals surface area (Å²) < 4.78 is 2.09. The topological polar surface area (TPSA) is 50.2 Å². The Bertz CT molecular complexity index is 1080. The molecule has 0 bridgehead atoms. The minimum atomic E-state index is -0.0335. The van der Waals surface area contributed by atoms with Crippen LogP contribution in [0, 0.1) is 13.8 Å². The summed E-state index contributed by atoms with van der Waals surface area (Å²) in [5, 5.41) is 7.96. The van der Waals surface area contributed by atoms with Gasteiger partial charge in [0.2, 0.25) is 0 Å². The van der Waals surface area contributed by atoms with E-state index in [1.165, 1.54) is 16.8 Å². The zero-order valence-electron chi connectivity index (χ0n) is 18.7. The number of aryl methyl sites for hydroxylation is 1. The lowest BCUT2D eigenvalue weighted by Crippen LogP contribution is -2.32. The average molecular weight is 415 g/mol. The van der Waals surface area contributed by atoms with Crippen LogP contribution in [0.25, 0.3) is 0 Å². The summed E-state index contributed by atoms with van der Waals surface area (Å²) >= 11 is 0. The number of nitrogens with zero attached hydrogens (tertiary/aromatic N) is 3. The number of carbonyl (C=O) groups excluding carboxylic acids is 1. The van der Waals surface area contributed by atoms with Crippen LogP contribution in [0.2, 0.25) is 0 Å². The molecule has 1 heterocycles. The number of amides is 1. The Morgan fingerprint density at radius 1 is 1.06 bits per heavy atom. The highest BCUT2D eigenvalue weighted by molar-refractivity contribution is 5.94. The second-order valence-corrected chi connectivity index (χ2v) is 8.48. The second-order valence-electron chi connectivity index (χ2n) is 8.48. The second kappa shape index (κ2) is 8.80. The minimum Gasteiger partial charge on any atom is -0.378 e. The van der Waals surface area contributed by atoms with E-state index in [0.717, 1.165) is 24.3 Å². The molecule has 1 aliphatic carbocycles. The fraction of sp³-hybridized carbons (Fsp3) is 0.308. The highest BCUT2D eigenvalue weighted by Gasteiger charge is 2.27. The molecule has 0 unspecified atom stereocenters. The third-order valence-electron chi connectivity index (χ3n) is 6.03. The molecule has 0 saturated heterocycles. The van der Waals surface area contributed by atoms with Gasteiger partial charge in [0, 0.05) is 48.6 Å². The summed E-state index contributed by atoms with van der Waals surface area (Å²) in [5.41, 5.74) is 6.55. The Labute approximate surface area is 184 Å². The Morgan fingerprint density at radius 2 is 1.77 bits per heavy atom. The first kappa shape index (κ1) is 20.9. The smallest absolute Gasteiger partial charge is 0.251 e. The maximum atomic E-state index is 12.7. The van der Waals surface area contributed by atoms with E-state index < -0.39 is 0 Å². The molecule has 2 aromatic carbocycles. The zero-order chi connectivity index (χ0) is 22.0. The summed E-state index contributed by atoms with van der Waals surface area (Å²) in [6.45, 7) is 4.99. The van der Waals surface area contributed by atoms with E-state index in [4.69, 9.17) is 5.10 Å². The monoisotopic (exact) mass is 414 g/mol. The third kappa shape index (κ3) is 4.55. The van der Waals surface area contributed by atoms with Gasteiger partial charge in [0.15, 0.2) is 0 Å². The molecule has 5 nitrogen and oxygen atoms in total. The Hall–Kier alpha value is -3.34. The van der Waals surface area contributed by atoms with Crippen molar-refractivity contribution in [3.63, 3.8) is 0 Å². The first-order valence-electron chi connectivity index (χ1n) is 10.8. The predicted octanol–water partition coefficient (Wildman–Crippen LogP) is 4.46. The van der Waals surface area contributed by atoms with Gasteiger partial charge in [0.05, 0.1) is 12.2 Å². The van der Waals surface area contributed by atoms with E-state index in [2.05, 4.69) is 60.3 Å². The number of benzene rings is 2. The molecule has 160 valence electrons. The molecule has 1 aliphatic rings. The average Bonchev–Trinajstić information content (AvgIpc) is 3.32. The van der Waals surface area contributed by atoms with Crippen LogP contribution >= 0.6 is 0 Å². The van der Waals surface area contributed by atoms with Gasteiger partial charge in [-0.15, -0.1) is 0 Å². The number of hydrogen-bond donors (Lipinski definition) is 1. The molecule has 0 saturated carbocycles. The summed E-state index contributed by atoms with van der Waals surface area (Å²) in [6.07, 6.45) is 5.19. The van der Waals surface area contributed by atoms with Crippen molar-refractivity contribution in [2.45, 2.75) is 38.8 Å². The van der Waals surface area contributed by atoms with Crippen molar-refractivity contribution < 1.29 is 4.79 Å². The molecule has 4 rings (SSSR count). The fourth-order valence-electron chi connectivity index (χ4n) is 4.34. The molecule has 0 aliphatic heterocycles. The van der Waals surface area contributed by atoms with Crippen LogP contribution in [0.4, 0.5) is 5.69 Å². The largest absolute Gasteiger partial charge is 0.378 e. The lowest BCUT2D eigenvalue weighted by atomic mass is 9.96. The van der Waals surface area contributed by atoms with Crippen molar-refractivity contribution in [1.29, 1.82) is 0 Å². The van der Waals surface area contributed by atoms with Crippen LogP contribution in [-0.2, 0) is 6.54 Å². The fourth-order valence-corrected chi connectivity index (χ4v) is 4.34. The van der Waals surface area contributed by atoms with E-state index in [0.29, 0.717) is 5.56 Å². The van der Waals surface area contributed by atoms with Crippen LogP contribution in [0.15, 0.2) is 66.7 Å². The Balaban J connectivity index is 1.42. The maximum absolute atomic E-state index is 12.7. The number of carbonyl (C=O) groups is 1. The first-order valence-corrected chi connectivity index (χ1v) is 10.8. The number of nitrogens with one attached hydrogen (secondary N) is 1.